The average molecular weight is 382 g/mol. The van der Waals surface area contributed by atoms with E-state index < -0.39 is 33.1 Å². The lowest BCUT2D eigenvalue weighted by molar-refractivity contribution is -0.125. The van der Waals surface area contributed by atoms with Gasteiger partial charge in [-0.3, -0.25) is 9.59 Å². The first-order valence-electron chi connectivity index (χ1n) is 7.58. The second-order valence-electron chi connectivity index (χ2n) is 6.55. The standard InChI is InChI=1S/C15H18N4O4S2/c1-15(2)10(5-16)13(21)19-14(11(15)6-17)24-7-12(20)18-9-3-4-25(22,23)8-9/h9-10H,3-4,7-8H2,1-2H3,(H,18,20)(H,19,21)/t9-,10+/m1/s1. The summed E-state index contributed by atoms with van der Waals surface area (Å²) < 4.78 is 22.8. The van der Waals surface area contributed by atoms with Crippen LogP contribution in [0.1, 0.15) is 20.3 Å². The maximum Gasteiger partial charge on any atom is 0.243 e. The van der Waals surface area contributed by atoms with Crippen LogP contribution in [0.15, 0.2) is 10.6 Å². The Labute approximate surface area is 150 Å². The normalized spacial score (nSPS) is 27.1. The quantitative estimate of drug-likeness (QED) is 0.700. The van der Waals surface area contributed by atoms with Crippen molar-refractivity contribution in [2.24, 2.45) is 11.3 Å². The number of rotatable bonds is 4. The Kier molecular flexibility index (Phi) is 5.45. The lowest BCUT2D eigenvalue weighted by Crippen LogP contribution is -2.45. The fourth-order valence-electron chi connectivity index (χ4n) is 2.85. The molecule has 0 aromatic carbocycles. The molecule has 0 radical (unpaired) electrons. The van der Waals surface area contributed by atoms with Gasteiger partial charge >= 0.3 is 0 Å². The van der Waals surface area contributed by atoms with Gasteiger partial charge in [0, 0.05) is 11.5 Å². The molecule has 2 N–H and O–H groups in total. The fourth-order valence-corrected chi connectivity index (χ4v) is 5.51. The van der Waals surface area contributed by atoms with Gasteiger partial charge in [-0.1, -0.05) is 25.6 Å². The molecule has 1 saturated heterocycles. The number of thioether (sulfide) groups is 1. The predicted octanol–water partition coefficient (Wildman–Crippen LogP) is 0.0539. The summed E-state index contributed by atoms with van der Waals surface area (Å²) >= 11 is 0.994. The van der Waals surface area contributed by atoms with Crippen molar-refractivity contribution < 1.29 is 18.0 Å². The molecule has 0 spiro atoms. The van der Waals surface area contributed by atoms with Gasteiger partial charge in [0.2, 0.25) is 11.8 Å². The van der Waals surface area contributed by atoms with Crippen molar-refractivity contribution in [3.8, 4) is 12.1 Å². The highest BCUT2D eigenvalue weighted by Gasteiger charge is 2.44. The van der Waals surface area contributed by atoms with E-state index in [0.29, 0.717) is 6.42 Å². The molecule has 1 fully saturated rings. The van der Waals surface area contributed by atoms with Gasteiger partial charge in [-0.15, -0.1) is 0 Å². The molecule has 2 amide bonds. The summed E-state index contributed by atoms with van der Waals surface area (Å²) in [7, 11) is -3.08. The van der Waals surface area contributed by atoms with Gasteiger partial charge in [0.05, 0.1) is 40.0 Å². The molecule has 134 valence electrons. The average Bonchev–Trinajstić information content (AvgIpc) is 2.83. The van der Waals surface area contributed by atoms with E-state index in [1.165, 1.54) is 0 Å². The smallest absolute Gasteiger partial charge is 0.243 e. The highest BCUT2D eigenvalue weighted by molar-refractivity contribution is 8.03. The van der Waals surface area contributed by atoms with Crippen LogP contribution in [0.5, 0.6) is 0 Å². The summed E-state index contributed by atoms with van der Waals surface area (Å²) in [6.07, 6.45) is 0.387. The molecular weight excluding hydrogens is 364 g/mol. The lowest BCUT2D eigenvalue weighted by atomic mass is 9.72. The van der Waals surface area contributed by atoms with Crippen LogP contribution < -0.4 is 10.6 Å². The number of allylic oxidation sites excluding steroid dienone is 1. The second-order valence-corrected chi connectivity index (χ2v) is 9.76. The summed E-state index contributed by atoms with van der Waals surface area (Å²) in [5.74, 6) is -1.92. The minimum absolute atomic E-state index is 0.0641. The first-order chi connectivity index (χ1) is 11.6. The van der Waals surface area contributed by atoms with Crippen molar-refractivity contribution in [1.29, 1.82) is 10.5 Å². The Bertz CT molecular complexity index is 817. The molecule has 2 aliphatic rings. The molecule has 0 aromatic heterocycles. The monoisotopic (exact) mass is 382 g/mol. The maximum atomic E-state index is 12.0. The number of nitriles is 2. The van der Waals surface area contributed by atoms with Crippen LogP contribution in [0, 0.1) is 34.0 Å². The maximum absolute atomic E-state index is 12.0. The molecule has 10 heteroatoms. The van der Waals surface area contributed by atoms with E-state index in [4.69, 9.17) is 5.26 Å². The third kappa shape index (κ3) is 4.14. The Morgan fingerprint density at radius 1 is 1.44 bits per heavy atom. The van der Waals surface area contributed by atoms with Gasteiger partial charge in [-0.2, -0.15) is 10.5 Å². The first kappa shape index (κ1) is 19.3. The fraction of sp³-hybridized carbons (Fsp3) is 0.600. The highest BCUT2D eigenvalue weighted by atomic mass is 32.2. The SMILES string of the molecule is CC1(C)C(C#N)=C(SCC(=O)N[C@@H]2CCS(=O)(=O)C2)NC(=O)[C@@H]1C#N. The summed E-state index contributed by atoms with van der Waals surface area (Å²) in [6.45, 7) is 3.28. The molecule has 0 aromatic rings. The van der Waals surface area contributed by atoms with Crippen molar-refractivity contribution >= 4 is 33.4 Å². The molecule has 0 saturated carbocycles. The number of nitrogens with zero attached hydrogens (tertiary/aromatic N) is 2. The molecule has 0 bridgehead atoms. The number of nitrogens with one attached hydrogen (secondary N) is 2. The molecule has 0 unspecified atom stereocenters. The van der Waals surface area contributed by atoms with E-state index in [1.54, 1.807) is 13.8 Å². The van der Waals surface area contributed by atoms with Crippen LogP contribution in [0.25, 0.3) is 0 Å². The molecule has 2 aliphatic heterocycles. The minimum Gasteiger partial charge on any atom is -0.352 e. The third-order valence-electron chi connectivity index (χ3n) is 4.28. The second kappa shape index (κ2) is 7.06. The molecule has 2 atom stereocenters. The van der Waals surface area contributed by atoms with E-state index >= 15 is 0 Å². The van der Waals surface area contributed by atoms with Crippen molar-refractivity contribution in [2.75, 3.05) is 17.3 Å². The van der Waals surface area contributed by atoms with E-state index in [0.717, 1.165) is 11.8 Å². The summed E-state index contributed by atoms with van der Waals surface area (Å²) in [5, 5.41) is 24.0. The molecular formula is C15H18N4O4S2. The van der Waals surface area contributed by atoms with Gasteiger partial charge in [0.1, 0.15) is 5.92 Å². The number of amides is 2. The topological polar surface area (TPSA) is 140 Å². The van der Waals surface area contributed by atoms with Crippen LogP contribution in [0.2, 0.25) is 0 Å². The number of carbonyl (C=O) groups excluding carboxylic acids is 2. The zero-order chi connectivity index (χ0) is 18.8. The lowest BCUT2D eigenvalue weighted by Gasteiger charge is -2.34. The summed E-state index contributed by atoms with van der Waals surface area (Å²) in [4.78, 5) is 24.1. The Balaban J connectivity index is 2.05. The minimum atomic E-state index is -3.08. The van der Waals surface area contributed by atoms with E-state index in [1.807, 2.05) is 12.1 Å². The largest absolute Gasteiger partial charge is 0.352 e. The van der Waals surface area contributed by atoms with E-state index in [9.17, 15) is 23.3 Å². The van der Waals surface area contributed by atoms with Crippen molar-refractivity contribution in [2.45, 2.75) is 26.3 Å². The summed E-state index contributed by atoms with van der Waals surface area (Å²) in [6, 6.07) is 3.53. The van der Waals surface area contributed by atoms with Crippen molar-refractivity contribution in [1.82, 2.24) is 10.6 Å². The van der Waals surface area contributed by atoms with Gasteiger partial charge in [-0.05, 0) is 6.42 Å². The number of sulfone groups is 1. The van der Waals surface area contributed by atoms with Crippen LogP contribution in [-0.4, -0.2) is 43.5 Å². The van der Waals surface area contributed by atoms with Crippen LogP contribution >= 0.6 is 11.8 Å². The van der Waals surface area contributed by atoms with Crippen LogP contribution in [0.3, 0.4) is 0 Å². The van der Waals surface area contributed by atoms with E-state index in [2.05, 4.69) is 10.6 Å². The molecule has 2 rings (SSSR count). The van der Waals surface area contributed by atoms with Gasteiger partial charge in [0.15, 0.2) is 9.84 Å². The van der Waals surface area contributed by atoms with Crippen molar-refractivity contribution in [3.05, 3.63) is 10.6 Å². The third-order valence-corrected chi connectivity index (χ3v) is 7.05. The zero-order valence-electron chi connectivity index (χ0n) is 13.8. The van der Waals surface area contributed by atoms with Gasteiger partial charge in [-0.25, -0.2) is 8.42 Å². The predicted molar refractivity (Wildman–Crippen MR) is 91.3 cm³/mol. The zero-order valence-corrected chi connectivity index (χ0v) is 15.5. The molecule has 0 aliphatic carbocycles. The molecule has 8 nitrogen and oxygen atoms in total. The molecule has 2 heterocycles. The van der Waals surface area contributed by atoms with Crippen LogP contribution in [0.4, 0.5) is 0 Å². The van der Waals surface area contributed by atoms with E-state index in [-0.39, 0.29) is 33.8 Å². The Hall–Kier alpha value is -2.04. The van der Waals surface area contributed by atoms with Crippen molar-refractivity contribution in [3.63, 3.8) is 0 Å². The van der Waals surface area contributed by atoms with Gasteiger partial charge < -0.3 is 10.6 Å². The number of carbonyl (C=O) groups is 2. The number of hydrogen-bond acceptors (Lipinski definition) is 7. The molecule has 25 heavy (non-hydrogen) atoms. The van der Waals surface area contributed by atoms with Gasteiger partial charge in [0.25, 0.3) is 0 Å². The van der Waals surface area contributed by atoms with Crippen LogP contribution in [-0.2, 0) is 19.4 Å². The highest BCUT2D eigenvalue weighted by Crippen LogP contribution is 2.41. The Morgan fingerprint density at radius 2 is 2.12 bits per heavy atom. The Morgan fingerprint density at radius 3 is 2.64 bits per heavy atom. The first-order valence-corrected chi connectivity index (χ1v) is 10.4. The number of hydrogen-bond donors (Lipinski definition) is 2. The summed E-state index contributed by atoms with van der Waals surface area (Å²) in [5.41, 5.74) is -0.704.